The summed E-state index contributed by atoms with van der Waals surface area (Å²) in [5, 5.41) is 10.6. The summed E-state index contributed by atoms with van der Waals surface area (Å²) in [4.78, 5) is 32.6. The number of carbonyl (C=O) groups excluding carboxylic acids is 1. The lowest BCUT2D eigenvalue weighted by molar-refractivity contribution is 0.0476. The molecule has 6 nitrogen and oxygen atoms in total. The fourth-order valence-corrected chi connectivity index (χ4v) is 3.96. The number of rotatable bonds is 4. The van der Waals surface area contributed by atoms with Crippen LogP contribution in [0.4, 0.5) is 0 Å². The van der Waals surface area contributed by atoms with E-state index < -0.39 is 0 Å². The number of nitrogens with one attached hydrogen (secondary N) is 1. The largest absolute Gasteiger partial charge is 0.396 e. The minimum atomic E-state index is -0.296. The number of likely N-dealkylation sites (tertiary alicyclic amines) is 1. The van der Waals surface area contributed by atoms with Crippen LogP contribution in [-0.4, -0.2) is 66.1 Å². The maximum Gasteiger partial charge on any atom is 0.259 e. The molecule has 1 fully saturated rings. The molecule has 1 aliphatic rings. The molecule has 1 aromatic carbocycles. The summed E-state index contributed by atoms with van der Waals surface area (Å²) in [7, 11) is 3.99. The van der Waals surface area contributed by atoms with Crippen LogP contribution in [0.15, 0.2) is 29.2 Å². The monoisotopic (exact) mass is 377 g/mol. The molecule has 2 N–H and O–H groups in total. The summed E-state index contributed by atoms with van der Waals surface area (Å²) in [6, 6.07) is 4.94. The second-order valence-electron chi connectivity index (χ2n) is 7.34. The van der Waals surface area contributed by atoms with Crippen molar-refractivity contribution in [3.63, 3.8) is 0 Å². The maximum absolute atomic E-state index is 13.0. The van der Waals surface area contributed by atoms with E-state index in [0.29, 0.717) is 29.0 Å². The van der Waals surface area contributed by atoms with Gasteiger partial charge in [0.2, 0.25) is 5.43 Å². The van der Waals surface area contributed by atoms with Crippen molar-refractivity contribution in [1.29, 1.82) is 0 Å². The van der Waals surface area contributed by atoms with Crippen LogP contribution in [-0.2, 0) is 0 Å². The number of amides is 1. The average Bonchev–Trinajstić information content (AvgIpc) is 2.60. The van der Waals surface area contributed by atoms with E-state index in [1.54, 1.807) is 23.1 Å². The first-order valence-electron chi connectivity index (χ1n) is 8.75. The van der Waals surface area contributed by atoms with Gasteiger partial charge >= 0.3 is 0 Å². The van der Waals surface area contributed by atoms with Gasteiger partial charge in [0.15, 0.2) is 0 Å². The molecule has 7 heteroatoms. The molecule has 1 aliphatic heterocycles. The number of aromatic nitrogens is 1. The Morgan fingerprint density at radius 3 is 2.77 bits per heavy atom. The summed E-state index contributed by atoms with van der Waals surface area (Å²) in [6.45, 7) is 1.94. The Morgan fingerprint density at radius 2 is 2.08 bits per heavy atom. The molecular weight excluding hydrogens is 354 g/mol. The number of piperidine rings is 1. The number of aliphatic hydroxyl groups excluding tert-OH is 1. The van der Waals surface area contributed by atoms with Crippen LogP contribution in [0.3, 0.4) is 0 Å². The molecule has 1 amide bonds. The van der Waals surface area contributed by atoms with Crippen molar-refractivity contribution in [2.24, 2.45) is 11.8 Å². The number of hydrogen-bond donors (Lipinski definition) is 2. The maximum atomic E-state index is 13.0. The third-order valence-corrected chi connectivity index (χ3v) is 5.10. The molecule has 0 saturated carbocycles. The van der Waals surface area contributed by atoms with E-state index in [-0.39, 0.29) is 35.3 Å². The Hall–Kier alpha value is -1.89. The smallest absolute Gasteiger partial charge is 0.259 e. The molecule has 0 spiro atoms. The molecule has 2 aromatic rings. The van der Waals surface area contributed by atoms with E-state index in [9.17, 15) is 14.7 Å². The Bertz CT molecular complexity index is 865. The van der Waals surface area contributed by atoms with E-state index in [4.69, 9.17) is 11.6 Å². The Balaban J connectivity index is 1.90. The molecular formula is C19H24ClN3O3. The second-order valence-corrected chi connectivity index (χ2v) is 7.78. The molecule has 1 aromatic heterocycles. The number of pyridine rings is 1. The Labute approximate surface area is 157 Å². The first-order chi connectivity index (χ1) is 12.4. The predicted molar refractivity (Wildman–Crippen MR) is 103 cm³/mol. The van der Waals surface area contributed by atoms with Crippen molar-refractivity contribution in [2.45, 2.75) is 6.42 Å². The predicted octanol–water partition coefficient (Wildman–Crippen LogP) is 1.81. The van der Waals surface area contributed by atoms with Gasteiger partial charge in [-0.3, -0.25) is 9.59 Å². The van der Waals surface area contributed by atoms with Crippen molar-refractivity contribution in [1.82, 2.24) is 14.8 Å². The minimum Gasteiger partial charge on any atom is -0.396 e. The number of aliphatic hydroxyl groups is 1. The zero-order chi connectivity index (χ0) is 18.8. The number of fused-ring (bicyclic) bond motifs is 1. The van der Waals surface area contributed by atoms with Gasteiger partial charge in [0.1, 0.15) is 5.56 Å². The number of aromatic amines is 1. The quantitative estimate of drug-likeness (QED) is 0.852. The van der Waals surface area contributed by atoms with Crippen LogP contribution in [0.5, 0.6) is 0 Å². The van der Waals surface area contributed by atoms with E-state index in [1.807, 2.05) is 14.1 Å². The van der Waals surface area contributed by atoms with Gasteiger partial charge in [0, 0.05) is 42.8 Å². The molecule has 140 valence electrons. The number of carbonyl (C=O) groups is 1. The zero-order valence-electron chi connectivity index (χ0n) is 15.0. The molecule has 3 rings (SSSR count). The summed E-state index contributed by atoms with van der Waals surface area (Å²) in [5.41, 5.74) is 0.439. The van der Waals surface area contributed by atoms with E-state index in [0.717, 1.165) is 13.0 Å². The van der Waals surface area contributed by atoms with Crippen molar-refractivity contribution < 1.29 is 9.90 Å². The average molecular weight is 378 g/mol. The number of benzene rings is 1. The van der Waals surface area contributed by atoms with Gasteiger partial charge in [0.25, 0.3) is 5.91 Å². The van der Waals surface area contributed by atoms with Crippen LogP contribution in [0.25, 0.3) is 10.9 Å². The summed E-state index contributed by atoms with van der Waals surface area (Å²) < 4.78 is 0. The second kappa shape index (κ2) is 7.78. The van der Waals surface area contributed by atoms with Crippen molar-refractivity contribution >= 4 is 28.4 Å². The third kappa shape index (κ3) is 3.92. The van der Waals surface area contributed by atoms with Crippen molar-refractivity contribution in [3.05, 3.63) is 45.2 Å². The van der Waals surface area contributed by atoms with E-state index in [2.05, 4.69) is 9.88 Å². The molecule has 1 saturated heterocycles. The lowest BCUT2D eigenvalue weighted by atomic mass is 9.89. The molecule has 26 heavy (non-hydrogen) atoms. The fourth-order valence-electron chi connectivity index (χ4n) is 3.79. The standard InChI is InChI=1S/C19H24ClN3O3/c1-22(2)8-12-5-13(11-24)10-23(9-12)19(26)16-7-21-17-6-14(20)3-4-15(17)18(16)25/h3-4,6-7,12-13,24H,5,8-11H2,1-2H3,(H,21,25)/t12-,13+/m1/s1. The van der Waals surface area contributed by atoms with Crippen LogP contribution in [0.1, 0.15) is 16.8 Å². The topological polar surface area (TPSA) is 76.6 Å². The van der Waals surface area contributed by atoms with Gasteiger partial charge in [0.05, 0.1) is 5.52 Å². The lowest BCUT2D eigenvalue weighted by Gasteiger charge is -2.38. The van der Waals surface area contributed by atoms with Gasteiger partial charge < -0.3 is 19.9 Å². The lowest BCUT2D eigenvalue weighted by Crippen LogP contribution is -2.48. The van der Waals surface area contributed by atoms with Crippen LogP contribution >= 0.6 is 11.6 Å². The summed E-state index contributed by atoms with van der Waals surface area (Å²) >= 11 is 5.96. The third-order valence-electron chi connectivity index (χ3n) is 4.87. The highest BCUT2D eigenvalue weighted by molar-refractivity contribution is 6.31. The first kappa shape index (κ1) is 18.9. The molecule has 2 heterocycles. The van der Waals surface area contributed by atoms with E-state index >= 15 is 0 Å². The highest BCUT2D eigenvalue weighted by Crippen LogP contribution is 2.24. The van der Waals surface area contributed by atoms with E-state index in [1.165, 1.54) is 6.20 Å². The van der Waals surface area contributed by atoms with Gasteiger partial charge in [-0.05, 0) is 50.6 Å². The molecule has 0 aliphatic carbocycles. The highest BCUT2D eigenvalue weighted by atomic mass is 35.5. The van der Waals surface area contributed by atoms with Crippen LogP contribution in [0.2, 0.25) is 5.02 Å². The fraction of sp³-hybridized carbons (Fsp3) is 0.474. The normalized spacial score (nSPS) is 20.7. The first-order valence-corrected chi connectivity index (χ1v) is 9.12. The minimum absolute atomic E-state index is 0.0380. The number of nitrogens with zero attached hydrogens (tertiary/aromatic N) is 2. The van der Waals surface area contributed by atoms with Gasteiger partial charge in [-0.25, -0.2) is 0 Å². The summed E-state index contributed by atoms with van der Waals surface area (Å²) in [5.74, 6) is 0.0270. The molecule has 0 bridgehead atoms. The van der Waals surface area contributed by atoms with Gasteiger partial charge in [-0.1, -0.05) is 11.6 Å². The number of halogens is 1. The number of H-pyrrole nitrogens is 1. The Kier molecular flexibility index (Phi) is 5.65. The van der Waals surface area contributed by atoms with Crippen molar-refractivity contribution in [3.8, 4) is 0 Å². The van der Waals surface area contributed by atoms with Crippen LogP contribution < -0.4 is 5.43 Å². The van der Waals surface area contributed by atoms with Gasteiger partial charge in [-0.2, -0.15) is 0 Å². The molecule has 0 radical (unpaired) electrons. The highest BCUT2D eigenvalue weighted by Gasteiger charge is 2.31. The van der Waals surface area contributed by atoms with Gasteiger partial charge in [-0.15, -0.1) is 0 Å². The van der Waals surface area contributed by atoms with Crippen molar-refractivity contribution in [2.75, 3.05) is 40.3 Å². The number of hydrogen-bond acceptors (Lipinski definition) is 4. The Morgan fingerprint density at radius 1 is 1.35 bits per heavy atom. The molecule has 2 atom stereocenters. The molecule has 0 unspecified atom stereocenters. The van der Waals surface area contributed by atoms with Crippen LogP contribution in [0, 0.1) is 11.8 Å². The SMILES string of the molecule is CN(C)C[C@H]1C[C@H](CO)CN(C(=O)c2c[nH]c3cc(Cl)ccc3c2=O)C1. The zero-order valence-corrected chi connectivity index (χ0v) is 15.8. The summed E-state index contributed by atoms with van der Waals surface area (Å²) in [6.07, 6.45) is 2.35.